The summed E-state index contributed by atoms with van der Waals surface area (Å²) in [6, 6.07) is 10.4. The van der Waals surface area contributed by atoms with Crippen LogP contribution in [0.5, 0.6) is 0 Å². The molecule has 1 aromatic carbocycles. The highest BCUT2D eigenvalue weighted by Gasteiger charge is 2.26. The maximum atomic E-state index is 12.6. The van der Waals surface area contributed by atoms with Crippen molar-refractivity contribution < 1.29 is 14.3 Å². The standard InChI is InChI=1S/C25H32N2O3/c1-6-16(2)22-9-7-8-10-23(22)26-25(29)19(5)30-24(28)14-11-20-15-17(3)27(18(20)4)21-12-13-21/h7-11,14-16,19,21H,6,12-13H2,1-5H3,(H,26,29)/b14-11+/t16-,19+/m0/s1. The zero-order chi connectivity index (χ0) is 21.8. The molecule has 0 spiro atoms. The van der Waals surface area contributed by atoms with Crippen molar-refractivity contribution in [1.82, 2.24) is 4.57 Å². The molecule has 3 rings (SSSR count). The van der Waals surface area contributed by atoms with Crippen molar-refractivity contribution in [2.75, 3.05) is 5.32 Å². The first kappa shape index (κ1) is 21.9. The SMILES string of the molecule is CC[C@H](C)c1ccccc1NC(=O)[C@@H](C)OC(=O)/C=C/c1cc(C)n(C2CC2)c1C. The molecule has 160 valence electrons. The molecule has 1 amide bonds. The second-order valence-corrected chi connectivity index (χ2v) is 8.23. The van der Waals surface area contributed by atoms with Gasteiger partial charge in [-0.05, 0) is 75.3 Å². The lowest BCUT2D eigenvalue weighted by Crippen LogP contribution is -2.29. The molecule has 5 nitrogen and oxygen atoms in total. The number of carbonyl (C=O) groups is 2. The van der Waals surface area contributed by atoms with Crippen LogP contribution in [0.4, 0.5) is 5.69 Å². The van der Waals surface area contributed by atoms with Crippen molar-refractivity contribution >= 4 is 23.6 Å². The number of aromatic nitrogens is 1. The van der Waals surface area contributed by atoms with Crippen molar-refractivity contribution in [3.8, 4) is 0 Å². The number of hydrogen-bond donors (Lipinski definition) is 1. The molecule has 1 fully saturated rings. The van der Waals surface area contributed by atoms with Crippen LogP contribution in [-0.4, -0.2) is 22.5 Å². The van der Waals surface area contributed by atoms with Crippen LogP contribution in [-0.2, 0) is 14.3 Å². The summed E-state index contributed by atoms with van der Waals surface area (Å²) in [5, 5.41) is 2.90. The van der Waals surface area contributed by atoms with E-state index in [1.807, 2.05) is 24.3 Å². The Kier molecular flexibility index (Phi) is 6.80. The summed E-state index contributed by atoms with van der Waals surface area (Å²) in [7, 11) is 0. The van der Waals surface area contributed by atoms with Crippen molar-refractivity contribution in [2.45, 2.75) is 71.9 Å². The van der Waals surface area contributed by atoms with Crippen LogP contribution in [0.15, 0.2) is 36.4 Å². The Morgan fingerprint density at radius 3 is 2.60 bits per heavy atom. The fraction of sp³-hybridized carbons (Fsp3) is 0.440. The maximum absolute atomic E-state index is 12.6. The number of aryl methyl sites for hydroxylation is 1. The third kappa shape index (κ3) is 5.02. The summed E-state index contributed by atoms with van der Waals surface area (Å²) < 4.78 is 7.65. The summed E-state index contributed by atoms with van der Waals surface area (Å²) in [5.41, 5.74) is 5.22. The summed E-state index contributed by atoms with van der Waals surface area (Å²) in [5.74, 6) is -0.527. The average Bonchev–Trinajstić information content (AvgIpc) is 3.51. The van der Waals surface area contributed by atoms with E-state index >= 15 is 0 Å². The molecular weight excluding hydrogens is 376 g/mol. The zero-order valence-corrected chi connectivity index (χ0v) is 18.6. The molecule has 2 aromatic rings. The molecule has 0 unspecified atom stereocenters. The van der Waals surface area contributed by atoms with Crippen molar-refractivity contribution in [3.63, 3.8) is 0 Å². The first-order chi connectivity index (χ1) is 14.3. The lowest BCUT2D eigenvalue weighted by atomic mass is 9.97. The number of rotatable bonds is 8. The minimum absolute atomic E-state index is 0.330. The maximum Gasteiger partial charge on any atom is 0.331 e. The van der Waals surface area contributed by atoms with Crippen LogP contribution in [0, 0.1) is 13.8 Å². The highest BCUT2D eigenvalue weighted by molar-refractivity contribution is 5.97. The number of nitrogens with zero attached hydrogens (tertiary/aromatic N) is 1. The molecule has 1 heterocycles. The van der Waals surface area contributed by atoms with Gasteiger partial charge < -0.3 is 14.6 Å². The molecule has 30 heavy (non-hydrogen) atoms. The molecule has 1 aliphatic rings. The summed E-state index contributed by atoms with van der Waals surface area (Å²) >= 11 is 0. The van der Waals surface area contributed by atoms with E-state index in [0.717, 1.165) is 28.9 Å². The van der Waals surface area contributed by atoms with Gasteiger partial charge in [-0.3, -0.25) is 4.79 Å². The molecule has 2 atom stereocenters. The largest absolute Gasteiger partial charge is 0.449 e. The number of ether oxygens (including phenoxy) is 1. The van der Waals surface area contributed by atoms with Gasteiger partial charge in [0, 0.05) is 29.2 Å². The van der Waals surface area contributed by atoms with E-state index in [1.165, 1.54) is 24.6 Å². The quantitative estimate of drug-likeness (QED) is 0.461. The molecule has 1 aromatic heterocycles. The fourth-order valence-electron chi connectivity index (χ4n) is 3.79. The molecule has 1 saturated carbocycles. The van der Waals surface area contributed by atoms with E-state index in [4.69, 9.17) is 4.74 Å². The van der Waals surface area contributed by atoms with Gasteiger partial charge in [0.15, 0.2) is 6.10 Å². The van der Waals surface area contributed by atoms with Crippen LogP contribution >= 0.6 is 0 Å². The first-order valence-corrected chi connectivity index (χ1v) is 10.8. The highest BCUT2D eigenvalue weighted by Crippen LogP contribution is 2.38. The van der Waals surface area contributed by atoms with E-state index < -0.39 is 12.1 Å². The molecule has 0 radical (unpaired) electrons. The minimum atomic E-state index is -0.883. The van der Waals surface area contributed by atoms with Crippen LogP contribution in [0.2, 0.25) is 0 Å². The second-order valence-electron chi connectivity index (χ2n) is 8.23. The molecule has 5 heteroatoms. The van der Waals surface area contributed by atoms with E-state index in [1.54, 1.807) is 13.0 Å². The lowest BCUT2D eigenvalue weighted by molar-refractivity contribution is -0.148. The smallest absolute Gasteiger partial charge is 0.331 e. The number of nitrogens with one attached hydrogen (secondary N) is 1. The number of amides is 1. The van der Waals surface area contributed by atoms with Crippen LogP contribution < -0.4 is 5.32 Å². The lowest BCUT2D eigenvalue weighted by Gasteiger charge is -2.17. The van der Waals surface area contributed by atoms with Gasteiger partial charge in [-0.2, -0.15) is 0 Å². The normalized spacial score (nSPS) is 15.8. The third-order valence-corrected chi connectivity index (χ3v) is 5.86. The van der Waals surface area contributed by atoms with Gasteiger partial charge in [0.2, 0.25) is 0 Å². The second kappa shape index (κ2) is 9.33. The molecule has 0 saturated heterocycles. The molecule has 1 aliphatic carbocycles. The fourth-order valence-corrected chi connectivity index (χ4v) is 3.79. The molecule has 1 N–H and O–H groups in total. The average molecular weight is 409 g/mol. The van der Waals surface area contributed by atoms with Crippen molar-refractivity contribution in [2.24, 2.45) is 0 Å². The van der Waals surface area contributed by atoms with E-state index in [0.29, 0.717) is 12.0 Å². The number of para-hydroxylation sites is 1. The van der Waals surface area contributed by atoms with Gasteiger partial charge in [-0.25, -0.2) is 4.79 Å². The van der Waals surface area contributed by atoms with E-state index in [-0.39, 0.29) is 5.91 Å². The number of anilines is 1. The Hall–Kier alpha value is -2.82. The van der Waals surface area contributed by atoms with Gasteiger partial charge >= 0.3 is 5.97 Å². The zero-order valence-electron chi connectivity index (χ0n) is 18.6. The number of benzene rings is 1. The first-order valence-electron chi connectivity index (χ1n) is 10.8. The molecule has 0 bridgehead atoms. The Bertz CT molecular complexity index is 953. The Morgan fingerprint density at radius 2 is 1.93 bits per heavy atom. The van der Waals surface area contributed by atoms with Crippen LogP contribution in [0.1, 0.15) is 74.5 Å². The van der Waals surface area contributed by atoms with Gasteiger partial charge in [-0.1, -0.05) is 32.0 Å². The monoisotopic (exact) mass is 408 g/mol. The van der Waals surface area contributed by atoms with Gasteiger partial charge in [0.25, 0.3) is 5.91 Å². The predicted octanol–water partition coefficient (Wildman–Crippen LogP) is 5.54. The van der Waals surface area contributed by atoms with Crippen molar-refractivity contribution in [1.29, 1.82) is 0 Å². The Balaban J connectivity index is 1.60. The summed E-state index contributed by atoms with van der Waals surface area (Å²) in [4.78, 5) is 24.8. The minimum Gasteiger partial charge on any atom is -0.449 e. The highest BCUT2D eigenvalue weighted by atomic mass is 16.5. The predicted molar refractivity (Wildman–Crippen MR) is 121 cm³/mol. The number of esters is 1. The Labute approximate surface area is 179 Å². The van der Waals surface area contributed by atoms with E-state index in [9.17, 15) is 9.59 Å². The topological polar surface area (TPSA) is 60.3 Å². The van der Waals surface area contributed by atoms with Crippen LogP contribution in [0.3, 0.4) is 0 Å². The molecular formula is C25H32N2O3. The van der Waals surface area contributed by atoms with Gasteiger partial charge in [0.1, 0.15) is 0 Å². The Morgan fingerprint density at radius 1 is 1.23 bits per heavy atom. The van der Waals surface area contributed by atoms with E-state index in [2.05, 4.69) is 43.6 Å². The van der Waals surface area contributed by atoms with Crippen molar-refractivity contribution in [3.05, 3.63) is 58.9 Å². The number of carbonyl (C=O) groups excluding carboxylic acids is 2. The van der Waals surface area contributed by atoms with Gasteiger partial charge in [-0.15, -0.1) is 0 Å². The van der Waals surface area contributed by atoms with Crippen LogP contribution in [0.25, 0.3) is 6.08 Å². The summed E-state index contributed by atoms with van der Waals surface area (Å²) in [6.07, 6.45) is 5.69. The number of hydrogen-bond acceptors (Lipinski definition) is 3. The summed E-state index contributed by atoms with van der Waals surface area (Å²) in [6.45, 7) is 9.99. The molecule has 0 aliphatic heterocycles. The van der Waals surface area contributed by atoms with Gasteiger partial charge in [0.05, 0.1) is 0 Å². The third-order valence-electron chi connectivity index (χ3n) is 5.86.